The van der Waals surface area contributed by atoms with Crippen LogP contribution in [0.2, 0.25) is 0 Å². The molecule has 0 aliphatic rings. The van der Waals surface area contributed by atoms with E-state index < -0.39 is 23.1 Å². The maximum atomic E-state index is 13.9. The smallest absolute Gasteiger partial charge is 0.214 e. The molecule has 1 aromatic carbocycles. The van der Waals surface area contributed by atoms with Crippen LogP contribution in [0.3, 0.4) is 0 Å². The number of halogens is 1. The lowest BCUT2D eigenvalue weighted by molar-refractivity contribution is -0.485. The number of nitro groups is 1. The highest BCUT2D eigenvalue weighted by atomic mass is 19.1. The van der Waals surface area contributed by atoms with Gasteiger partial charge in [-0.15, -0.1) is 0 Å². The molecule has 1 aromatic rings. The molecule has 0 heterocycles. The highest BCUT2D eigenvalue weighted by Gasteiger charge is 2.38. The second kappa shape index (κ2) is 4.83. The van der Waals surface area contributed by atoms with Gasteiger partial charge in [-0.1, -0.05) is 30.3 Å². The summed E-state index contributed by atoms with van der Waals surface area (Å²) in [5.41, 5.74) is -1.77. The van der Waals surface area contributed by atoms with Crippen LogP contribution in [0, 0.1) is 10.1 Å². The van der Waals surface area contributed by atoms with Crippen LogP contribution < -0.4 is 0 Å². The second-order valence-corrected chi connectivity index (χ2v) is 3.75. The lowest BCUT2D eigenvalue weighted by Gasteiger charge is -2.22. The SMILES string of the molecule is C[C@](F)(C=O)[C@@H](C[N+](=O)[O-])c1ccccc1. The summed E-state index contributed by atoms with van der Waals surface area (Å²) in [5.74, 6) is -1.05. The number of nitrogens with zero attached hydrogens (tertiary/aromatic N) is 1. The van der Waals surface area contributed by atoms with E-state index in [4.69, 9.17) is 0 Å². The van der Waals surface area contributed by atoms with Crippen LogP contribution in [0.4, 0.5) is 4.39 Å². The number of alkyl halides is 1. The Morgan fingerprint density at radius 2 is 2.06 bits per heavy atom. The first-order valence-corrected chi connectivity index (χ1v) is 4.79. The molecule has 4 nitrogen and oxygen atoms in total. The van der Waals surface area contributed by atoms with Crippen LogP contribution in [0.15, 0.2) is 30.3 Å². The number of benzene rings is 1. The van der Waals surface area contributed by atoms with Gasteiger partial charge in [0.1, 0.15) is 0 Å². The highest BCUT2D eigenvalue weighted by Crippen LogP contribution is 2.30. The predicted octanol–water partition coefficient (Wildman–Crippen LogP) is 1.97. The normalized spacial score (nSPS) is 16.1. The summed E-state index contributed by atoms with van der Waals surface area (Å²) in [7, 11) is 0. The first kappa shape index (κ1) is 12.3. The largest absolute Gasteiger partial charge is 0.300 e. The van der Waals surface area contributed by atoms with Crippen LogP contribution in [0.5, 0.6) is 0 Å². The summed E-state index contributed by atoms with van der Waals surface area (Å²) in [5, 5.41) is 10.5. The summed E-state index contributed by atoms with van der Waals surface area (Å²) < 4.78 is 13.9. The summed E-state index contributed by atoms with van der Waals surface area (Å²) in [6.07, 6.45) is 0.119. The first-order chi connectivity index (χ1) is 7.47. The van der Waals surface area contributed by atoms with Crippen molar-refractivity contribution in [2.75, 3.05) is 6.54 Å². The fraction of sp³-hybridized carbons (Fsp3) is 0.364. The van der Waals surface area contributed by atoms with E-state index in [1.54, 1.807) is 30.3 Å². The zero-order valence-electron chi connectivity index (χ0n) is 8.80. The molecule has 16 heavy (non-hydrogen) atoms. The maximum absolute atomic E-state index is 13.9. The van der Waals surface area contributed by atoms with Crippen LogP contribution in [-0.4, -0.2) is 23.4 Å². The van der Waals surface area contributed by atoms with Crippen molar-refractivity contribution in [1.29, 1.82) is 0 Å². The third-order valence-corrected chi connectivity index (χ3v) is 2.45. The molecule has 0 aliphatic carbocycles. The van der Waals surface area contributed by atoms with Gasteiger partial charge in [0.25, 0.3) is 0 Å². The first-order valence-electron chi connectivity index (χ1n) is 4.79. The fourth-order valence-electron chi connectivity index (χ4n) is 1.53. The molecule has 5 heteroatoms. The maximum Gasteiger partial charge on any atom is 0.214 e. The van der Waals surface area contributed by atoms with E-state index in [-0.39, 0.29) is 6.29 Å². The monoisotopic (exact) mass is 225 g/mol. The van der Waals surface area contributed by atoms with Crippen molar-refractivity contribution in [3.63, 3.8) is 0 Å². The van der Waals surface area contributed by atoms with Crippen LogP contribution >= 0.6 is 0 Å². The van der Waals surface area contributed by atoms with Gasteiger partial charge in [0.15, 0.2) is 12.0 Å². The topological polar surface area (TPSA) is 60.2 Å². The molecule has 86 valence electrons. The predicted molar refractivity (Wildman–Crippen MR) is 56.6 cm³/mol. The van der Waals surface area contributed by atoms with Gasteiger partial charge in [-0.05, 0) is 12.5 Å². The fourth-order valence-corrected chi connectivity index (χ4v) is 1.53. The molecule has 0 saturated heterocycles. The summed E-state index contributed by atoms with van der Waals surface area (Å²) in [6, 6.07) is 8.19. The average molecular weight is 225 g/mol. The Balaban J connectivity index is 3.06. The molecule has 0 aromatic heterocycles. The Hall–Kier alpha value is -1.78. The van der Waals surface area contributed by atoms with Crippen LogP contribution in [0.25, 0.3) is 0 Å². The van der Waals surface area contributed by atoms with Crippen molar-refractivity contribution >= 4 is 6.29 Å². The lowest BCUT2D eigenvalue weighted by atomic mass is 9.86. The Morgan fingerprint density at radius 1 is 1.50 bits per heavy atom. The number of rotatable bonds is 5. The molecular formula is C11H12FNO3. The third-order valence-electron chi connectivity index (χ3n) is 2.45. The Kier molecular flexibility index (Phi) is 3.71. The number of carbonyl (C=O) groups excluding carboxylic acids is 1. The molecule has 0 aliphatic heterocycles. The minimum absolute atomic E-state index is 0.119. The number of hydrogen-bond donors (Lipinski definition) is 0. The van der Waals surface area contributed by atoms with Crippen molar-refractivity contribution in [2.45, 2.75) is 18.5 Å². The Morgan fingerprint density at radius 3 is 2.50 bits per heavy atom. The Bertz CT molecular complexity index is 378. The number of carbonyl (C=O) groups is 1. The second-order valence-electron chi connectivity index (χ2n) is 3.75. The standard InChI is InChI=1S/C11H12FNO3/c1-11(12,8-14)10(7-13(15)16)9-5-3-2-4-6-9/h2-6,8,10H,7H2,1H3/t10-,11-/m0/s1. The average Bonchev–Trinajstić information content (AvgIpc) is 2.27. The van der Waals surface area contributed by atoms with E-state index in [0.29, 0.717) is 5.56 Å². The molecule has 0 saturated carbocycles. The Labute approximate surface area is 92.2 Å². The molecule has 2 atom stereocenters. The van der Waals surface area contributed by atoms with E-state index in [1.165, 1.54) is 0 Å². The minimum atomic E-state index is -2.23. The van der Waals surface area contributed by atoms with Crippen molar-refractivity contribution in [3.05, 3.63) is 46.0 Å². The summed E-state index contributed by atoms with van der Waals surface area (Å²) in [4.78, 5) is 20.5. The zero-order chi connectivity index (χ0) is 12.2. The van der Waals surface area contributed by atoms with Crippen molar-refractivity contribution in [2.24, 2.45) is 0 Å². The van der Waals surface area contributed by atoms with Crippen molar-refractivity contribution in [1.82, 2.24) is 0 Å². The molecule has 0 fully saturated rings. The summed E-state index contributed by atoms with van der Waals surface area (Å²) >= 11 is 0. The minimum Gasteiger partial charge on any atom is -0.300 e. The molecule has 0 radical (unpaired) electrons. The van der Waals surface area contributed by atoms with Gasteiger partial charge < -0.3 is 0 Å². The summed E-state index contributed by atoms with van der Waals surface area (Å²) in [6.45, 7) is 0.455. The molecule has 1 rings (SSSR count). The van der Waals surface area contributed by atoms with Gasteiger partial charge in [0.2, 0.25) is 6.54 Å². The molecule has 0 N–H and O–H groups in total. The van der Waals surface area contributed by atoms with E-state index >= 15 is 0 Å². The van der Waals surface area contributed by atoms with Gasteiger partial charge in [-0.25, -0.2) is 4.39 Å². The molecule has 0 bridgehead atoms. The highest BCUT2D eigenvalue weighted by molar-refractivity contribution is 5.64. The molecular weight excluding hydrogens is 213 g/mol. The number of hydrogen-bond acceptors (Lipinski definition) is 3. The van der Waals surface area contributed by atoms with Gasteiger partial charge in [0.05, 0.1) is 5.92 Å². The van der Waals surface area contributed by atoms with Crippen LogP contribution in [-0.2, 0) is 4.79 Å². The van der Waals surface area contributed by atoms with Crippen molar-refractivity contribution in [3.8, 4) is 0 Å². The van der Waals surface area contributed by atoms with E-state index in [1.807, 2.05) is 0 Å². The van der Waals surface area contributed by atoms with Gasteiger partial charge in [-0.3, -0.25) is 14.9 Å². The molecule has 0 unspecified atom stereocenters. The molecule has 0 amide bonds. The quantitative estimate of drug-likeness (QED) is 0.437. The van der Waals surface area contributed by atoms with E-state index in [0.717, 1.165) is 6.92 Å². The van der Waals surface area contributed by atoms with Gasteiger partial charge in [0, 0.05) is 4.92 Å². The van der Waals surface area contributed by atoms with Gasteiger partial charge >= 0.3 is 0 Å². The molecule has 0 spiro atoms. The zero-order valence-corrected chi connectivity index (χ0v) is 8.80. The third kappa shape index (κ3) is 2.85. The van der Waals surface area contributed by atoms with Crippen LogP contribution in [0.1, 0.15) is 18.4 Å². The number of aldehydes is 1. The van der Waals surface area contributed by atoms with Crippen molar-refractivity contribution < 1.29 is 14.1 Å². The lowest BCUT2D eigenvalue weighted by Crippen LogP contribution is -2.34. The van der Waals surface area contributed by atoms with E-state index in [2.05, 4.69) is 0 Å². The van der Waals surface area contributed by atoms with Gasteiger partial charge in [-0.2, -0.15) is 0 Å². The van der Waals surface area contributed by atoms with E-state index in [9.17, 15) is 19.3 Å².